The minimum Gasteiger partial charge on any atom is -0.478 e. The van der Waals surface area contributed by atoms with Gasteiger partial charge in [-0.05, 0) is 48.2 Å². The molecule has 0 fully saturated rings. The van der Waals surface area contributed by atoms with Gasteiger partial charge in [0.05, 0.1) is 11.1 Å². The number of hydrogen-bond acceptors (Lipinski definition) is 2. The maximum atomic E-state index is 12.2. The van der Waals surface area contributed by atoms with Crippen LogP contribution in [0.2, 0.25) is 0 Å². The summed E-state index contributed by atoms with van der Waals surface area (Å²) in [7, 11) is 0. The molecule has 0 heterocycles. The Bertz CT molecular complexity index is 1230. The minimum absolute atomic E-state index is 0.172. The third-order valence-corrected chi connectivity index (χ3v) is 8.70. The van der Waals surface area contributed by atoms with Crippen molar-refractivity contribution in [1.82, 2.24) is 0 Å². The Kier molecular flexibility index (Phi) is 17.8. The number of rotatable bonds is 20. The molecule has 0 unspecified atom stereocenters. The number of carboxylic acid groups (broad SMARTS) is 2. The van der Waals surface area contributed by atoms with Gasteiger partial charge in [0, 0.05) is 29.4 Å². The van der Waals surface area contributed by atoms with E-state index in [0.29, 0.717) is 11.1 Å². The van der Waals surface area contributed by atoms with Gasteiger partial charge in [-0.3, -0.25) is 0 Å². The second-order valence-electron chi connectivity index (χ2n) is 12.8. The van der Waals surface area contributed by atoms with Gasteiger partial charge in [0.1, 0.15) is 0 Å². The quantitative estimate of drug-likeness (QED) is 0.115. The van der Waals surface area contributed by atoms with E-state index in [1.807, 2.05) is 26.0 Å². The maximum absolute atomic E-state index is 12.2. The fraction of sp³-hybridized carbons (Fsp3) is 0.561. The zero-order valence-corrected chi connectivity index (χ0v) is 28.4. The normalized spacial score (nSPS) is 10.9. The fourth-order valence-corrected chi connectivity index (χ4v) is 5.61. The van der Waals surface area contributed by atoms with E-state index < -0.39 is 17.4 Å². The Morgan fingerprint density at radius 1 is 0.556 bits per heavy atom. The molecule has 0 saturated heterocycles. The Labute approximate surface area is 273 Å². The molecule has 2 rings (SSSR count). The van der Waals surface area contributed by atoms with Crippen LogP contribution in [0, 0.1) is 23.7 Å². The lowest BCUT2D eigenvalue weighted by atomic mass is 9.76. The highest BCUT2D eigenvalue weighted by atomic mass is 16.4. The molecular weight excluding hydrogens is 556 g/mol. The number of hydrogen-bond donors (Lipinski definition) is 2. The van der Waals surface area contributed by atoms with E-state index in [1.165, 1.54) is 77.0 Å². The largest absolute Gasteiger partial charge is 0.478 e. The summed E-state index contributed by atoms with van der Waals surface area (Å²) >= 11 is 0. The second kappa shape index (κ2) is 21.3. The van der Waals surface area contributed by atoms with Gasteiger partial charge >= 0.3 is 11.9 Å². The van der Waals surface area contributed by atoms with Gasteiger partial charge in [-0.2, -0.15) is 0 Å². The molecule has 0 bridgehead atoms. The van der Waals surface area contributed by atoms with Crippen LogP contribution in [0.15, 0.2) is 36.4 Å². The lowest BCUT2D eigenvalue weighted by molar-refractivity contribution is 0.0685. The van der Waals surface area contributed by atoms with Crippen LogP contribution in [-0.4, -0.2) is 22.2 Å². The average molecular weight is 613 g/mol. The van der Waals surface area contributed by atoms with Crippen LogP contribution < -0.4 is 0 Å². The molecule has 0 spiro atoms. The second-order valence-corrected chi connectivity index (χ2v) is 12.8. The van der Waals surface area contributed by atoms with Crippen molar-refractivity contribution in [2.75, 3.05) is 0 Å². The molecule has 0 saturated carbocycles. The van der Waals surface area contributed by atoms with Crippen LogP contribution in [-0.2, 0) is 5.41 Å². The van der Waals surface area contributed by atoms with E-state index in [1.54, 1.807) is 24.3 Å². The molecule has 0 aromatic heterocycles. The molecule has 0 aliphatic carbocycles. The predicted octanol–water partition coefficient (Wildman–Crippen LogP) is 11.2. The first-order valence-corrected chi connectivity index (χ1v) is 17.5. The molecule has 244 valence electrons. The first kappa shape index (κ1) is 37.7. The van der Waals surface area contributed by atoms with Crippen LogP contribution in [0.4, 0.5) is 0 Å². The summed E-state index contributed by atoms with van der Waals surface area (Å²) < 4.78 is 0. The van der Waals surface area contributed by atoms with Crippen molar-refractivity contribution in [2.24, 2.45) is 0 Å². The first-order valence-electron chi connectivity index (χ1n) is 17.5. The van der Waals surface area contributed by atoms with Gasteiger partial charge in [0.2, 0.25) is 0 Å². The van der Waals surface area contributed by atoms with Crippen molar-refractivity contribution in [3.8, 4) is 23.7 Å². The number of unbranched alkanes of at least 4 members (excludes halogenated alkanes) is 16. The Balaban J connectivity index is 2.06. The third kappa shape index (κ3) is 13.6. The van der Waals surface area contributed by atoms with Gasteiger partial charge in [0.15, 0.2) is 0 Å². The molecule has 2 N–H and O–H groups in total. The summed E-state index contributed by atoms with van der Waals surface area (Å²) in [6.45, 7) is 8.42. The van der Waals surface area contributed by atoms with Crippen LogP contribution in [0.1, 0.15) is 186 Å². The number of benzene rings is 2. The van der Waals surface area contributed by atoms with E-state index in [2.05, 4.69) is 37.5 Å². The molecule has 0 aliphatic heterocycles. The van der Waals surface area contributed by atoms with Crippen molar-refractivity contribution in [2.45, 2.75) is 149 Å². The standard InChI is InChI=1S/C41H56O4/c1-5-7-9-11-13-15-17-19-21-23-25-33-27-29-35(31-37(33)39(42)43)41(3,4)36-30-28-34(38(32-36)40(44)45)26-24-22-20-18-16-14-12-10-8-6-2/h27-32H,5-22H2,1-4H3,(H,42,43)(H,44,45). The van der Waals surface area contributed by atoms with Gasteiger partial charge in [-0.15, -0.1) is 0 Å². The predicted molar refractivity (Wildman–Crippen MR) is 187 cm³/mol. The van der Waals surface area contributed by atoms with Crippen molar-refractivity contribution in [3.63, 3.8) is 0 Å². The van der Waals surface area contributed by atoms with Crippen molar-refractivity contribution in [3.05, 3.63) is 69.8 Å². The van der Waals surface area contributed by atoms with Crippen molar-refractivity contribution < 1.29 is 19.8 Å². The molecule has 4 nitrogen and oxygen atoms in total. The highest BCUT2D eigenvalue weighted by molar-refractivity contribution is 5.92. The summed E-state index contributed by atoms with van der Waals surface area (Å²) in [5, 5.41) is 19.9. The third-order valence-electron chi connectivity index (χ3n) is 8.70. The highest BCUT2D eigenvalue weighted by Crippen LogP contribution is 2.34. The molecule has 2 aromatic rings. The maximum Gasteiger partial charge on any atom is 0.336 e. The van der Waals surface area contributed by atoms with E-state index in [-0.39, 0.29) is 11.1 Å². The number of carboxylic acids is 2. The number of carbonyl (C=O) groups is 2. The monoisotopic (exact) mass is 612 g/mol. The molecule has 0 aliphatic rings. The first-order chi connectivity index (χ1) is 21.7. The van der Waals surface area contributed by atoms with Gasteiger partial charge in [0.25, 0.3) is 0 Å². The van der Waals surface area contributed by atoms with Gasteiger partial charge in [-0.1, -0.05) is 153 Å². The molecule has 4 heteroatoms. The molecule has 0 atom stereocenters. The molecule has 0 amide bonds. The number of aromatic carboxylic acids is 2. The zero-order chi connectivity index (χ0) is 32.9. The van der Waals surface area contributed by atoms with E-state index in [4.69, 9.17) is 0 Å². The lowest BCUT2D eigenvalue weighted by Gasteiger charge is -2.27. The van der Waals surface area contributed by atoms with Crippen LogP contribution in [0.3, 0.4) is 0 Å². The SMILES string of the molecule is CCCCCCCCCCC#Cc1ccc(C(C)(C)c2ccc(C#CCCCCCCCCCC)c(C(=O)O)c2)cc1C(=O)O. The zero-order valence-electron chi connectivity index (χ0n) is 28.4. The summed E-state index contributed by atoms with van der Waals surface area (Å²) in [4.78, 5) is 24.4. The van der Waals surface area contributed by atoms with Gasteiger partial charge < -0.3 is 10.2 Å². The van der Waals surface area contributed by atoms with E-state index >= 15 is 0 Å². The van der Waals surface area contributed by atoms with Crippen LogP contribution >= 0.6 is 0 Å². The van der Waals surface area contributed by atoms with Gasteiger partial charge in [-0.25, -0.2) is 9.59 Å². The van der Waals surface area contributed by atoms with E-state index in [0.717, 1.165) is 49.7 Å². The van der Waals surface area contributed by atoms with E-state index in [9.17, 15) is 19.8 Å². The Hall–Kier alpha value is -3.50. The summed E-state index contributed by atoms with van der Waals surface area (Å²) in [5.41, 5.74) is 2.32. The minimum atomic E-state index is -1.02. The van der Waals surface area contributed by atoms with Crippen molar-refractivity contribution in [1.29, 1.82) is 0 Å². The molecule has 0 radical (unpaired) electrons. The molecule has 2 aromatic carbocycles. The summed E-state index contributed by atoms with van der Waals surface area (Å²) in [6, 6.07) is 10.7. The van der Waals surface area contributed by atoms with Crippen LogP contribution in [0.5, 0.6) is 0 Å². The van der Waals surface area contributed by atoms with Crippen LogP contribution in [0.25, 0.3) is 0 Å². The average Bonchev–Trinajstić information content (AvgIpc) is 3.02. The topological polar surface area (TPSA) is 74.6 Å². The molecular formula is C41H56O4. The Morgan fingerprint density at radius 3 is 1.22 bits per heavy atom. The summed E-state index contributed by atoms with van der Waals surface area (Å²) in [5.74, 6) is 10.5. The fourth-order valence-electron chi connectivity index (χ4n) is 5.61. The molecule has 45 heavy (non-hydrogen) atoms. The lowest BCUT2D eigenvalue weighted by Crippen LogP contribution is -2.21. The smallest absolute Gasteiger partial charge is 0.336 e. The summed E-state index contributed by atoms with van der Waals surface area (Å²) in [6.07, 6.45) is 21.3. The highest BCUT2D eigenvalue weighted by Gasteiger charge is 2.26. The Morgan fingerprint density at radius 2 is 0.889 bits per heavy atom. The van der Waals surface area contributed by atoms with Crippen molar-refractivity contribution >= 4 is 11.9 Å².